The maximum atomic E-state index is 5.86. The molecule has 4 heteroatoms. The lowest BCUT2D eigenvalue weighted by molar-refractivity contribution is 0.431. The van der Waals surface area contributed by atoms with Crippen LogP contribution in [0.4, 0.5) is 0 Å². The fourth-order valence-electron chi connectivity index (χ4n) is 1.23. The van der Waals surface area contributed by atoms with E-state index in [0.29, 0.717) is 5.92 Å². The van der Waals surface area contributed by atoms with Crippen molar-refractivity contribution in [3.8, 4) is 0 Å². The quantitative estimate of drug-likeness (QED) is 0.780. The van der Waals surface area contributed by atoms with Crippen molar-refractivity contribution >= 4 is 0 Å². The molecule has 14 heavy (non-hydrogen) atoms. The summed E-state index contributed by atoms with van der Waals surface area (Å²) in [6.07, 6.45) is 4.03. The number of aromatic nitrogens is 3. The molecule has 4 nitrogen and oxygen atoms in total. The van der Waals surface area contributed by atoms with Crippen molar-refractivity contribution < 1.29 is 0 Å². The first-order valence-electron chi connectivity index (χ1n) is 5.33. The summed E-state index contributed by atoms with van der Waals surface area (Å²) in [5.41, 5.74) is 6.75. The Kier molecular flexibility index (Phi) is 4.07. The first kappa shape index (κ1) is 11.2. The molecular weight excluding hydrogens is 176 g/mol. The third-order valence-electron chi connectivity index (χ3n) is 2.57. The van der Waals surface area contributed by atoms with Crippen LogP contribution < -0.4 is 5.73 Å². The maximum absolute atomic E-state index is 5.86. The van der Waals surface area contributed by atoms with E-state index in [9.17, 15) is 0 Å². The predicted octanol–water partition coefficient (Wildman–Crippen LogP) is 1.73. The molecule has 2 atom stereocenters. The molecule has 1 heterocycles. The van der Waals surface area contributed by atoms with E-state index in [1.54, 1.807) is 0 Å². The lowest BCUT2D eigenvalue weighted by Gasteiger charge is -2.06. The van der Waals surface area contributed by atoms with Gasteiger partial charge in [0.2, 0.25) is 0 Å². The predicted molar refractivity (Wildman–Crippen MR) is 56.7 cm³/mol. The molecule has 0 spiro atoms. The van der Waals surface area contributed by atoms with E-state index in [-0.39, 0.29) is 6.04 Å². The van der Waals surface area contributed by atoms with Crippen LogP contribution in [0.15, 0.2) is 6.20 Å². The molecule has 0 fully saturated rings. The standard InChI is InChI=1S/C10H20N4/c1-4-8(3)6-14-7-10(12-13-14)9(11)5-2/h7-9H,4-6,11H2,1-3H3. The minimum atomic E-state index is 0.0284. The van der Waals surface area contributed by atoms with E-state index in [4.69, 9.17) is 5.73 Å². The number of hydrogen-bond donors (Lipinski definition) is 1. The van der Waals surface area contributed by atoms with Crippen molar-refractivity contribution in [3.63, 3.8) is 0 Å². The van der Waals surface area contributed by atoms with Crippen molar-refractivity contribution in [2.75, 3.05) is 0 Å². The van der Waals surface area contributed by atoms with E-state index in [2.05, 4.69) is 31.1 Å². The second kappa shape index (κ2) is 5.10. The molecule has 0 radical (unpaired) electrons. The van der Waals surface area contributed by atoms with Gasteiger partial charge in [-0.15, -0.1) is 5.10 Å². The monoisotopic (exact) mass is 196 g/mol. The SMILES string of the molecule is CCC(C)Cn1cc(C(N)CC)nn1. The Bertz CT molecular complexity index is 269. The van der Waals surface area contributed by atoms with Gasteiger partial charge in [0.25, 0.3) is 0 Å². The number of hydrogen-bond acceptors (Lipinski definition) is 3. The summed E-state index contributed by atoms with van der Waals surface area (Å²) < 4.78 is 1.89. The molecule has 0 saturated carbocycles. The smallest absolute Gasteiger partial charge is 0.0993 e. The fourth-order valence-corrected chi connectivity index (χ4v) is 1.23. The van der Waals surface area contributed by atoms with Crippen molar-refractivity contribution in [2.45, 2.75) is 46.2 Å². The molecular formula is C10H20N4. The molecule has 0 saturated heterocycles. The lowest BCUT2D eigenvalue weighted by atomic mass is 10.1. The molecule has 2 N–H and O–H groups in total. The zero-order valence-electron chi connectivity index (χ0n) is 9.27. The zero-order chi connectivity index (χ0) is 10.6. The normalized spacial score (nSPS) is 15.4. The number of rotatable bonds is 5. The van der Waals surface area contributed by atoms with Gasteiger partial charge in [0.15, 0.2) is 0 Å². The first-order valence-corrected chi connectivity index (χ1v) is 5.33. The molecule has 1 aromatic heterocycles. The van der Waals surface area contributed by atoms with Crippen molar-refractivity contribution in [1.29, 1.82) is 0 Å². The third-order valence-corrected chi connectivity index (χ3v) is 2.57. The van der Waals surface area contributed by atoms with Crippen LogP contribution in [-0.4, -0.2) is 15.0 Å². The molecule has 2 unspecified atom stereocenters. The highest BCUT2D eigenvalue weighted by Gasteiger charge is 2.09. The Balaban J connectivity index is 2.59. The van der Waals surface area contributed by atoms with E-state index >= 15 is 0 Å². The minimum absolute atomic E-state index is 0.0284. The van der Waals surface area contributed by atoms with Gasteiger partial charge >= 0.3 is 0 Å². The molecule has 0 aromatic carbocycles. The van der Waals surface area contributed by atoms with Gasteiger partial charge in [0.05, 0.1) is 17.9 Å². The molecule has 1 aromatic rings. The topological polar surface area (TPSA) is 56.7 Å². The van der Waals surface area contributed by atoms with E-state index in [0.717, 1.165) is 25.1 Å². The molecule has 1 rings (SSSR count). The van der Waals surface area contributed by atoms with Gasteiger partial charge in [0, 0.05) is 6.54 Å². The van der Waals surface area contributed by atoms with Crippen LogP contribution in [0.25, 0.3) is 0 Å². The van der Waals surface area contributed by atoms with Gasteiger partial charge in [-0.3, -0.25) is 4.68 Å². The van der Waals surface area contributed by atoms with Gasteiger partial charge in [-0.25, -0.2) is 0 Å². The van der Waals surface area contributed by atoms with Crippen molar-refractivity contribution in [2.24, 2.45) is 11.7 Å². The van der Waals surface area contributed by atoms with E-state index in [1.165, 1.54) is 0 Å². The van der Waals surface area contributed by atoms with Gasteiger partial charge in [0.1, 0.15) is 0 Å². The summed E-state index contributed by atoms with van der Waals surface area (Å²) >= 11 is 0. The Labute approximate surface area is 85.5 Å². The van der Waals surface area contributed by atoms with Gasteiger partial charge in [-0.2, -0.15) is 0 Å². The van der Waals surface area contributed by atoms with Crippen LogP contribution in [0.5, 0.6) is 0 Å². The Morgan fingerprint density at radius 1 is 1.43 bits per heavy atom. The van der Waals surface area contributed by atoms with Crippen LogP contribution in [0.2, 0.25) is 0 Å². The summed E-state index contributed by atoms with van der Waals surface area (Å²) in [6.45, 7) is 7.37. The highest BCUT2D eigenvalue weighted by Crippen LogP contribution is 2.10. The van der Waals surface area contributed by atoms with Crippen LogP contribution in [0.3, 0.4) is 0 Å². The number of nitrogens with zero attached hydrogens (tertiary/aromatic N) is 3. The van der Waals surface area contributed by atoms with E-state index < -0.39 is 0 Å². The second-order valence-electron chi connectivity index (χ2n) is 3.89. The summed E-state index contributed by atoms with van der Waals surface area (Å²) in [5.74, 6) is 0.641. The highest BCUT2D eigenvalue weighted by atomic mass is 15.4. The van der Waals surface area contributed by atoms with Gasteiger partial charge < -0.3 is 5.73 Å². The molecule has 0 amide bonds. The molecule has 0 aliphatic heterocycles. The average Bonchev–Trinajstić information content (AvgIpc) is 2.65. The third kappa shape index (κ3) is 2.80. The zero-order valence-corrected chi connectivity index (χ0v) is 9.27. The largest absolute Gasteiger partial charge is 0.323 e. The Morgan fingerprint density at radius 2 is 2.14 bits per heavy atom. The summed E-state index contributed by atoms with van der Waals surface area (Å²) in [6, 6.07) is 0.0284. The van der Waals surface area contributed by atoms with Crippen LogP contribution in [-0.2, 0) is 6.54 Å². The highest BCUT2D eigenvalue weighted by molar-refractivity contribution is 4.98. The average molecular weight is 196 g/mol. The fraction of sp³-hybridized carbons (Fsp3) is 0.800. The minimum Gasteiger partial charge on any atom is -0.323 e. The van der Waals surface area contributed by atoms with Crippen molar-refractivity contribution in [1.82, 2.24) is 15.0 Å². The molecule has 0 aliphatic carbocycles. The first-order chi connectivity index (χ1) is 6.67. The summed E-state index contributed by atoms with van der Waals surface area (Å²) in [5, 5.41) is 8.12. The van der Waals surface area contributed by atoms with Gasteiger partial charge in [-0.1, -0.05) is 32.4 Å². The number of nitrogens with two attached hydrogens (primary N) is 1. The van der Waals surface area contributed by atoms with Gasteiger partial charge in [-0.05, 0) is 12.3 Å². The van der Waals surface area contributed by atoms with E-state index in [1.807, 2.05) is 10.9 Å². The second-order valence-corrected chi connectivity index (χ2v) is 3.89. The summed E-state index contributed by atoms with van der Waals surface area (Å²) in [4.78, 5) is 0. The Hall–Kier alpha value is -0.900. The molecule has 0 aliphatic rings. The lowest BCUT2D eigenvalue weighted by Crippen LogP contribution is -2.09. The molecule has 0 bridgehead atoms. The van der Waals surface area contributed by atoms with Crippen LogP contribution in [0, 0.1) is 5.92 Å². The molecule has 80 valence electrons. The Morgan fingerprint density at radius 3 is 2.71 bits per heavy atom. The van der Waals surface area contributed by atoms with Crippen LogP contribution >= 0.6 is 0 Å². The van der Waals surface area contributed by atoms with Crippen molar-refractivity contribution in [3.05, 3.63) is 11.9 Å². The maximum Gasteiger partial charge on any atom is 0.0993 e. The summed E-state index contributed by atoms with van der Waals surface area (Å²) in [7, 11) is 0. The van der Waals surface area contributed by atoms with Crippen LogP contribution in [0.1, 0.15) is 45.3 Å².